The highest BCUT2D eigenvalue weighted by molar-refractivity contribution is 5.73. The lowest BCUT2D eigenvalue weighted by Crippen LogP contribution is -2.21. The number of hydrogen-bond donors (Lipinski definition) is 0. The van der Waals surface area contributed by atoms with Crippen LogP contribution in [0.15, 0.2) is 48.8 Å². The zero-order valence-corrected chi connectivity index (χ0v) is 14.1. The van der Waals surface area contributed by atoms with E-state index >= 15 is 0 Å². The van der Waals surface area contributed by atoms with Gasteiger partial charge >= 0.3 is 0 Å². The summed E-state index contributed by atoms with van der Waals surface area (Å²) in [7, 11) is 3.67. The van der Waals surface area contributed by atoms with Gasteiger partial charge in [-0.2, -0.15) is 9.61 Å². The number of para-hydroxylation sites is 2. The highest BCUT2D eigenvalue weighted by atomic mass is 16.5. The van der Waals surface area contributed by atoms with Crippen LogP contribution in [0.2, 0.25) is 0 Å². The van der Waals surface area contributed by atoms with Crippen LogP contribution < -0.4 is 4.90 Å². The zero-order chi connectivity index (χ0) is 17.2. The Balaban J connectivity index is 1.68. The van der Waals surface area contributed by atoms with Crippen LogP contribution in [0, 0.1) is 0 Å². The van der Waals surface area contributed by atoms with E-state index in [0.717, 1.165) is 33.9 Å². The first-order valence-electron chi connectivity index (χ1n) is 7.99. The molecule has 0 N–H and O–H groups in total. The number of aromatic nitrogens is 5. The molecule has 25 heavy (non-hydrogen) atoms. The largest absolute Gasteiger partial charge is 0.378 e. The zero-order valence-electron chi connectivity index (χ0n) is 14.1. The molecule has 126 valence electrons. The molecule has 4 rings (SSSR count). The number of ether oxygens (including phenoxy) is 1. The van der Waals surface area contributed by atoms with Crippen LogP contribution in [-0.2, 0) is 17.9 Å². The molecule has 0 aliphatic heterocycles. The summed E-state index contributed by atoms with van der Waals surface area (Å²) >= 11 is 0. The van der Waals surface area contributed by atoms with Gasteiger partial charge in [-0.25, -0.2) is 9.97 Å². The van der Waals surface area contributed by atoms with Crippen molar-refractivity contribution in [3.8, 4) is 0 Å². The van der Waals surface area contributed by atoms with E-state index in [1.807, 2.05) is 54.2 Å². The molecular weight excluding hydrogens is 316 g/mol. The van der Waals surface area contributed by atoms with Gasteiger partial charge in [-0.15, -0.1) is 0 Å². The molecule has 0 radical (unpaired) electrons. The van der Waals surface area contributed by atoms with Crippen molar-refractivity contribution >= 4 is 22.5 Å². The fourth-order valence-corrected chi connectivity index (χ4v) is 2.84. The molecule has 0 saturated carbocycles. The molecule has 0 saturated heterocycles. The molecule has 0 amide bonds. The predicted octanol–water partition coefficient (Wildman–Crippen LogP) is 2.46. The van der Waals surface area contributed by atoms with E-state index in [1.54, 1.807) is 13.3 Å². The summed E-state index contributed by atoms with van der Waals surface area (Å²) in [5.41, 5.74) is 4.34. The van der Waals surface area contributed by atoms with Crippen LogP contribution in [0.25, 0.3) is 16.7 Å². The van der Waals surface area contributed by atoms with E-state index in [0.29, 0.717) is 13.2 Å². The van der Waals surface area contributed by atoms with Gasteiger partial charge in [-0.05, 0) is 12.1 Å². The molecule has 1 aromatic carbocycles. The number of methoxy groups -OCH3 is 1. The average Bonchev–Trinajstić information content (AvgIpc) is 3.09. The van der Waals surface area contributed by atoms with Gasteiger partial charge in [-0.3, -0.25) is 4.98 Å². The molecule has 0 bridgehead atoms. The molecule has 0 fully saturated rings. The molecule has 7 heteroatoms. The van der Waals surface area contributed by atoms with Crippen molar-refractivity contribution < 1.29 is 4.74 Å². The maximum atomic E-state index is 5.22. The molecule has 3 heterocycles. The summed E-state index contributed by atoms with van der Waals surface area (Å²) < 4.78 is 7.03. The molecule has 3 aromatic heterocycles. The molecule has 0 spiro atoms. The number of benzene rings is 1. The maximum absolute atomic E-state index is 5.22. The van der Waals surface area contributed by atoms with Crippen molar-refractivity contribution in [1.29, 1.82) is 0 Å². The summed E-state index contributed by atoms with van der Waals surface area (Å²) in [5, 5.41) is 4.37. The number of fused-ring (bicyclic) bond motifs is 2. The van der Waals surface area contributed by atoms with Crippen molar-refractivity contribution in [1.82, 2.24) is 24.6 Å². The summed E-state index contributed by atoms with van der Waals surface area (Å²) in [4.78, 5) is 15.8. The minimum absolute atomic E-state index is 0.457. The minimum Gasteiger partial charge on any atom is -0.378 e. The first-order valence-corrected chi connectivity index (χ1v) is 7.99. The third-order valence-electron chi connectivity index (χ3n) is 3.97. The molecule has 0 atom stereocenters. The van der Waals surface area contributed by atoms with Crippen LogP contribution in [0.5, 0.6) is 0 Å². The SMILES string of the molecule is COCc1cc(N(C)Cc2cnc3ccccc3n2)n2nccc2n1. The smallest absolute Gasteiger partial charge is 0.157 e. The Morgan fingerprint density at radius 3 is 2.76 bits per heavy atom. The van der Waals surface area contributed by atoms with E-state index in [4.69, 9.17) is 9.72 Å². The van der Waals surface area contributed by atoms with E-state index in [-0.39, 0.29) is 0 Å². The van der Waals surface area contributed by atoms with Crippen LogP contribution in [0.3, 0.4) is 0 Å². The summed E-state index contributed by atoms with van der Waals surface area (Å²) in [6, 6.07) is 11.7. The summed E-state index contributed by atoms with van der Waals surface area (Å²) in [5.74, 6) is 0.928. The quantitative estimate of drug-likeness (QED) is 0.558. The van der Waals surface area contributed by atoms with Crippen LogP contribution in [0.1, 0.15) is 11.4 Å². The maximum Gasteiger partial charge on any atom is 0.157 e. The van der Waals surface area contributed by atoms with Gasteiger partial charge in [-0.1, -0.05) is 12.1 Å². The lowest BCUT2D eigenvalue weighted by Gasteiger charge is -2.20. The van der Waals surface area contributed by atoms with Crippen molar-refractivity contribution in [3.05, 3.63) is 60.2 Å². The Morgan fingerprint density at radius 2 is 1.92 bits per heavy atom. The fraction of sp³-hybridized carbons (Fsp3) is 0.222. The Bertz CT molecular complexity index is 1030. The van der Waals surface area contributed by atoms with Crippen molar-refractivity contribution in [2.24, 2.45) is 0 Å². The number of rotatable bonds is 5. The highest BCUT2D eigenvalue weighted by Gasteiger charge is 2.12. The van der Waals surface area contributed by atoms with E-state index in [9.17, 15) is 0 Å². The lowest BCUT2D eigenvalue weighted by atomic mass is 10.3. The van der Waals surface area contributed by atoms with E-state index < -0.39 is 0 Å². The second-order valence-electron chi connectivity index (χ2n) is 5.85. The summed E-state index contributed by atoms with van der Waals surface area (Å²) in [6.45, 7) is 1.07. The number of hydrogen-bond acceptors (Lipinski definition) is 6. The third kappa shape index (κ3) is 3.01. The van der Waals surface area contributed by atoms with Gasteiger partial charge in [0, 0.05) is 26.3 Å². The Hall–Kier alpha value is -3.06. The third-order valence-corrected chi connectivity index (χ3v) is 3.97. The van der Waals surface area contributed by atoms with Crippen LogP contribution in [-0.4, -0.2) is 38.7 Å². The van der Waals surface area contributed by atoms with E-state index in [2.05, 4.69) is 20.0 Å². The van der Waals surface area contributed by atoms with Gasteiger partial charge < -0.3 is 9.64 Å². The predicted molar refractivity (Wildman–Crippen MR) is 95.3 cm³/mol. The van der Waals surface area contributed by atoms with E-state index in [1.165, 1.54) is 0 Å². The molecular formula is C18H18N6O. The van der Waals surface area contributed by atoms with Crippen LogP contribution in [0.4, 0.5) is 5.82 Å². The second-order valence-corrected chi connectivity index (χ2v) is 5.85. The average molecular weight is 334 g/mol. The summed E-state index contributed by atoms with van der Waals surface area (Å²) in [6.07, 6.45) is 3.56. The molecule has 4 aromatic rings. The fourth-order valence-electron chi connectivity index (χ4n) is 2.84. The highest BCUT2D eigenvalue weighted by Crippen LogP contribution is 2.19. The molecule has 0 unspecified atom stereocenters. The Morgan fingerprint density at radius 1 is 1.08 bits per heavy atom. The molecule has 7 nitrogen and oxygen atoms in total. The van der Waals surface area contributed by atoms with Gasteiger partial charge in [0.2, 0.25) is 0 Å². The van der Waals surface area contributed by atoms with Gasteiger partial charge in [0.1, 0.15) is 5.82 Å². The Kier molecular flexibility index (Phi) is 3.99. The normalized spacial score (nSPS) is 11.3. The van der Waals surface area contributed by atoms with Gasteiger partial charge in [0.15, 0.2) is 5.65 Å². The van der Waals surface area contributed by atoms with Gasteiger partial charge in [0.05, 0.1) is 48.0 Å². The molecule has 0 aliphatic carbocycles. The van der Waals surface area contributed by atoms with Crippen LogP contribution >= 0.6 is 0 Å². The van der Waals surface area contributed by atoms with Crippen molar-refractivity contribution in [2.75, 3.05) is 19.1 Å². The minimum atomic E-state index is 0.457. The number of anilines is 1. The van der Waals surface area contributed by atoms with Crippen molar-refractivity contribution in [2.45, 2.75) is 13.2 Å². The molecule has 0 aliphatic rings. The lowest BCUT2D eigenvalue weighted by molar-refractivity contribution is 0.181. The van der Waals surface area contributed by atoms with Crippen molar-refractivity contribution in [3.63, 3.8) is 0 Å². The monoisotopic (exact) mass is 334 g/mol. The number of nitrogens with zero attached hydrogens (tertiary/aromatic N) is 6. The Labute approximate surface area is 144 Å². The first kappa shape index (κ1) is 15.5. The standard InChI is InChI=1S/C18H18N6O/c1-23(11-14-10-19-15-5-3-4-6-16(15)21-14)18-9-13(12-25-2)22-17-7-8-20-24(17)18/h3-10H,11-12H2,1-2H3. The second kappa shape index (κ2) is 6.45. The first-order chi connectivity index (χ1) is 12.2. The van der Waals surface area contributed by atoms with Gasteiger partial charge in [0.25, 0.3) is 0 Å². The topological polar surface area (TPSA) is 68.4 Å².